The summed E-state index contributed by atoms with van der Waals surface area (Å²) in [6.07, 6.45) is -0.386. The fraction of sp³-hybridized carbons (Fsp3) is 0.353. The Bertz CT molecular complexity index is 769. The molecule has 1 N–H and O–H groups in total. The van der Waals surface area contributed by atoms with Crippen molar-refractivity contribution in [2.24, 2.45) is 0 Å². The number of aryl methyl sites for hydroxylation is 2. The summed E-state index contributed by atoms with van der Waals surface area (Å²) < 4.78 is 10.2. The first-order chi connectivity index (χ1) is 11.8. The van der Waals surface area contributed by atoms with Crippen LogP contribution in [0, 0.1) is 13.8 Å². The summed E-state index contributed by atoms with van der Waals surface area (Å²) in [7, 11) is 0. The van der Waals surface area contributed by atoms with E-state index in [2.05, 4.69) is 10.5 Å². The monoisotopic (exact) mass is 384 g/mol. The largest absolute Gasteiger partial charge is 0.453 e. The van der Waals surface area contributed by atoms with Crippen molar-refractivity contribution in [2.45, 2.75) is 39.7 Å². The van der Waals surface area contributed by atoms with Gasteiger partial charge >= 0.3 is 5.97 Å². The van der Waals surface area contributed by atoms with Gasteiger partial charge < -0.3 is 14.6 Å². The van der Waals surface area contributed by atoms with Crippen LogP contribution in [0.1, 0.15) is 30.4 Å². The number of rotatable bonds is 6. The lowest BCUT2D eigenvalue weighted by Gasteiger charge is -2.14. The number of halogens is 2. The van der Waals surface area contributed by atoms with Gasteiger partial charge in [-0.05, 0) is 45.4 Å². The van der Waals surface area contributed by atoms with Crippen molar-refractivity contribution < 1.29 is 18.8 Å². The standard InChI is InChI=1S/C17H18Cl2N2O4/c1-9-13(10(2)25-21-9)5-7-16(22)24-11(3)17(23)20-15-6-4-12(18)8-14(15)19/h4,6,8,11H,5,7H2,1-3H3,(H,20,23)/t11-/m1/s1. The van der Waals surface area contributed by atoms with Crippen LogP contribution in [0.15, 0.2) is 22.7 Å². The molecule has 0 saturated carbocycles. The number of esters is 1. The van der Waals surface area contributed by atoms with Crippen molar-refractivity contribution in [1.29, 1.82) is 0 Å². The van der Waals surface area contributed by atoms with E-state index in [0.717, 1.165) is 11.3 Å². The Kier molecular flexibility index (Phi) is 6.45. The molecule has 134 valence electrons. The van der Waals surface area contributed by atoms with Gasteiger partial charge in [-0.2, -0.15) is 0 Å². The third-order valence-corrected chi connectivity index (χ3v) is 4.17. The van der Waals surface area contributed by atoms with Crippen LogP contribution >= 0.6 is 23.2 Å². The summed E-state index contributed by atoms with van der Waals surface area (Å²) in [6, 6.07) is 4.69. The van der Waals surface area contributed by atoms with Crippen molar-refractivity contribution >= 4 is 40.8 Å². The van der Waals surface area contributed by atoms with Crippen LogP contribution in [0.3, 0.4) is 0 Å². The highest BCUT2D eigenvalue weighted by Gasteiger charge is 2.20. The highest BCUT2D eigenvalue weighted by Crippen LogP contribution is 2.25. The van der Waals surface area contributed by atoms with E-state index in [1.807, 2.05) is 6.92 Å². The molecule has 2 aromatic rings. The third kappa shape index (κ3) is 5.21. The maximum absolute atomic E-state index is 12.1. The Labute approximate surface area is 155 Å². The van der Waals surface area contributed by atoms with Crippen LogP contribution in [0.2, 0.25) is 10.0 Å². The molecule has 1 amide bonds. The van der Waals surface area contributed by atoms with Crippen LogP contribution in [-0.2, 0) is 20.7 Å². The van der Waals surface area contributed by atoms with Gasteiger partial charge in [0.05, 0.1) is 16.4 Å². The van der Waals surface area contributed by atoms with Crippen molar-refractivity contribution in [3.05, 3.63) is 45.3 Å². The molecule has 0 saturated heterocycles. The zero-order valence-corrected chi connectivity index (χ0v) is 15.6. The van der Waals surface area contributed by atoms with Crippen molar-refractivity contribution in [1.82, 2.24) is 5.16 Å². The van der Waals surface area contributed by atoms with E-state index in [9.17, 15) is 9.59 Å². The van der Waals surface area contributed by atoms with E-state index in [-0.39, 0.29) is 6.42 Å². The van der Waals surface area contributed by atoms with Gasteiger partial charge in [-0.25, -0.2) is 0 Å². The molecule has 0 aliphatic heterocycles. The average Bonchev–Trinajstić information content (AvgIpc) is 2.86. The number of amides is 1. The first-order valence-corrected chi connectivity index (χ1v) is 8.40. The highest BCUT2D eigenvalue weighted by molar-refractivity contribution is 6.36. The second-order valence-corrected chi connectivity index (χ2v) is 6.39. The Balaban J connectivity index is 1.86. The number of nitrogens with one attached hydrogen (secondary N) is 1. The summed E-state index contributed by atoms with van der Waals surface area (Å²) in [4.78, 5) is 24.1. The van der Waals surface area contributed by atoms with Crippen molar-refractivity contribution in [2.75, 3.05) is 5.32 Å². The van der Waals surface area contributed by atoms with Gasteiger partial charge in [-0.1, -0.05) is 28.4 Å². The summed E-state index contributed by atoms with van der Waals surface area (Å²) in [6.45, 7) is 5.09. The van der Waals surface area contributed by atoms with Crippen LogP contribution in [0.25, 0.3) is 0 Å². The van der Waals surface area contributed by atoms with Crippen LogP contribution in [0.4, 0.5) is 5.69 Å². The highest BCUT2D eigenvalue weighted by atomic mass is 35.5. The average molecular weight is 385 g/mol. The molecule has 0 radical (unpaired) electrons. The van der Waals surface area contributed by atoms with Gasteiger partial charge in [0.1, 0.15) is 5.76 Å². The van der Waals surface area contributed by atoms with Crippen molar-refractivity contribution in [3.8, 4) is 0 Å². The normalized spacial score (nSPS) is 11.9. The molecule has 25 heavy (non-hydrogen) atoms. The second kappa shape index (κ2) is 8.36. The minimum atomic E-state index is -0.955. The maximum Gasteiger partial charge on any atom is 0.306 e. The number of hydrogen-bond donors (Lipinski definition) is 1. The number of benzene rings is 1. The molecule has 0 aliphatic carbocycles. The molecule has 0 unspecified atom stereocenters. The molecule has 1 heterocycles. The number of ether oxygens (including phenoxy) is 1. The van der Waals surface area contributed by atoms with E-state index < -0.39 is 18.0 Å². The zero-order chi connectivity index (χ0) is 18.6. The quantitative estimate of drug-likeness (QED) is 0.758. The summed E-state index contributed by atoms with van der Waals surface area (Å²) in [5.74, 6) is -0.284. The molecule has 0 aliphatic rings. The van der Waals surface area contributed by atoms with Gasteiger partial charge in [-0.15, -0.1) is 0 Å². The first kappa shape index (κ1) is 19.3. The topological polar surface area (TPSA) is 81.4 Å². The number of aromatic nitrogens is 1. The Hall–Kier alpha value is -2.05. The minimum Gasteiger partial charge on any atom is -0.453 e. The lowest BCUT2D eigenvalue weighted by atomic mass is 10.1. The summed E-state index contributed by atoms with van der Waals surface area (Å²) in [5, 5.41) is 7.19. The Morgan fingerprint density at radius 2 is 2.04 bits per heavy atom. The van der Waals surface area contributed by atoms with Gasteiger partial charge in [-0.3, -0.25) is 9.59 Å². The lowest BCUT2D eigenvalue weighted by molar-refractivity contribution is -0.153. The van der Waals surface area contributed by atoms with E-state index in [1.165, 1.54) is 13.0 Å². The molecule has 0 spiro atoms. The predicted octanol–water partition coefficient (Wildman–Crippen LogP) is 4.10. The molecule has 6 nitrogen and oxygen atoms in total. The van der Waals surface area contributed by atoms with Gasteiger partial charge in [0.15, 0.2) is 6.10 Å². The van der Waals surface area contributed by atoms with E-state index in [0.29, 0.717) is 27.9 Å². The lowest BCUT2D eigenvalue weighted by Crippen LogP contribution is -2.30. The third-order valence-electron chi connectivity index (χ3n) is 3.63. The zero-order valence-electron chi connectivity index (χ0n) is 14.1. The number of carbonyl (C=O) groups excluding carboxylic acids is 2. The van der Waals surface area contributed by atoms with Gasteiger partial charge in [0.2, 0.25) is 0 Å². The smallest absolute Gasteiger partial charge is 0.306 e. The van der Waals surface area contributed by atoms with E-state index in [4.69, 9.17) is 32.5 Å². The van der Waals surface area contributed by atoms with Crippen LogP contribution < -0.4 is 5.32 Å². The van der Waals surface area contributed by atoms with E-state index in [1.54, 1.807) is 19.1 Å². The molecule has 2 rings (SSSR count). The molecular weight excluding hydrogens is 367 g/mol. The van der Waals surface area contributed by atoms with Crippen LogP contribution in [-0.4, -0.2) is 23.1 Å². The van der Waals surface area contributed by atoms with Gasteiger partial charge in [0.25, 0.3) is 5.91 Å². The number of hydrogen-bond acceptors (Lipinski definition) is 5. The summed E-state index contributed by atoms with van der Waals surface area (Å²) in [5.41, 5.74) is 2.02. The molecule has 0 bridgehead atoms. The fourth-order valence-corrected chi connectivity index (χ4v) is 2.68. The van der Waals surface area contributed by atoms with Crippen molar-refractivity contribution in [3.63, 3.8) is 0 Å². The maximum atomic E-state index is 12.1. The molecule has 1 aromatic carbocycles. The predicted molar refractivity (Wildman–Crippen MR) is 94.9 cm³/mol. The first-order valence-electron chi connectivity index (χ1n) is 7.65. The molecule has 1 atom stereocenters. The van der Waals surface area contributed by atoms with Crippen LogP contribution in [0.5, 0.6) is 0 Å². The number of nitrogens with zero attached hydrogens (tertiary/aromatic N) is 1. The van der Waals surface area contributed by atoms with E-state index >= 15 is 0 Å². The Morgan fingerprint density at radius 3 is 2.64 bits per heavy atom. The second-order valence-electron chi connectivity index (χ2n) is 5.55. The Morgan fingerprint density at radius 1 is 1.32 bits per heavy atom. The minimum absolute atomic E-state index is 0.127. The van der Waals surface area contributed by atoms with Gasteiger partial charge in [0, 0.05) is 17.0 Å². The molecule has 0 fully saturated rings. The number of anilines is 1. The molecule has 8 heteroatoms. The SMILES string of the molecule is Cc1noc(C)c1CCC(=O)O[C@H](C)C(=O)Nc1ccc(Cl)cc1Cl. The fourth-order valence-electron chi connectivity index (χ4n) is 2.22. The molecule has 1 aromatic heterocycles. The number of carbonyl (C=O) groups is 2. The summed E-state index contributed by atoms with van der Waals surface area (Å²) >= 11 is 11.8. The molecular formula is C17H18Cl2N2O4.